The number of benzene rings is 1. The topological polar surface area (TPSA) is 0 Å². The van der Waals surface area contributed by atoms with Gasteiger partial charge in [-0.1, -0.05) is 57.2 Å². The smallest absolute Gasteiger partial charge is 0.00639 e. The van der Waals surface area contributed by atoms with Gasteiger partial charge in [-0.2, -0.15) is 0 Å². The molecule has 0 aromatic heterocycles. The van der Waals surface area contributed by atoms with Crippen molar-refractivity contribution in [2.75, 3.05) is 0 Å². The zero-order chi connectivity index (χ0) is 9.90. The zero-order valence-electron chi connectivity index (χ0n) is 8.75. The molecule has 0 saturated carbocycles. The second-order valence-electron chi connectivity index (χ2n) is 4.49. The Balaban J connectivity index is 2.99. The van der Waals surface area contributed by atoms with Crippen molar-refractivity contribution in [3.05, 3.63) is 48.6 Å². The van der Waals surface area contributed by atoms with Crippen LogP contribution in [0.4, 0.5) is 0 Å². The van der Waals surface area contributed by atoms with Crippen molar-refractivity contribution >= 4 is 0 Å². The highest BCUT2D eigenvalue weighted by molar-refractivity contribution is 5.25. The molecule has 0 heterocycles. The fourth-order valence-electron chi connectivity index (χ4n) is 1.65. The molecular formula is C13H18. The van der Waals surface area contributed by atoms with Gasteiger partial charge in [-0.25, -0.2) is 0 Å². The van der Waals surface area contributed by atoms with Crippen molar-refractivity contribution in [3.8, 4) is 0 Å². The molecule has 1 rings (SSSR count). The van der Waals surface area contributed by atoms with E-state index in [1.807, 2.05) is 12.1 Å². The molecule has 0 nitrogen and oxygen atoms in total. The van der Waals surface area contributed by atoms with Gasteiger partial charge in [0.15, 0.2) is 0 Å². The minimum atomic E-state index is 0.253. The molecule has 0 heteroatoms. The summed E-state index contributed by atoms with van der Waals surface area (Å²) in [5, 5.41) is 0. The Hall–Kier alpha value is -1.04. The Bertz CT molecular complexity index is 264. The van der Waals surface area contributed by atoms with Gasteiger partial charge in [0.05, 0.1) is 0 Å². The highest BCUT2D eigenvalue weighted by Crippen LogP contribution is 2.35. The Morgan fingerprint density at radius 3 is 2.08 bits per heavy atom. The van der Waals surface area contributed by atoms with Crippen LogP contribution < -0.4 is 0 Å². The van der Waals surface area contributed by atoms with Gasteiger partial charge in [-0.3, -0.25) is 0 Å². The Kier molecular flexibility index (Phi) is 2.92. The lowest BCUT2D eigenvalue weighted by molar-refractivity contribution is 0.367. The lowest BCUT2D eigenvalue weighted by Crippen LogP contribution is -2.15. The van der Waals surface area contributed by atoms with Crippen LogP contribution in [0.1, 0.15) is 32.3 Å². The maximum absolute atomic E-state index is 3.90. The van der Waals surface area contributed by atoms with E-state index in [9.17, 15) is 0 Å². The summed E-state index contributed by atoms with van der Waals surface area (Å²) in [7, 11) is 0. The highest BCUT2D eigenvalue weighted by Gasteiger charge is 2.22. The van der Waals surface area contributed by atoms with Crippen molar-refractivity contribution < 1.29 is 0 Å². The van der Waals surface area contributed by atoms with Crippen molar-refractivity contribution in [3.63, 3.8) is 0 Å². The summed E-state index contributed by atoms with van der Waals surface area (Å²) in [6.07, 6.45) is 2.04. The first-order valence-electron chi connectivity index (χ1n) is 4.73. The Morgan fingerprint density at radius 2 is 1.69 bits per heavy atom. The predicted octanol–water partition coefficient (Wildman–Crippen LogP) is 4.00. The molecule has 1 atom stereocenters. The minimum absolute atomic E-state index is 0.253. The van der Waals surface area contributed by atoms with Crippen LogP contribution in [0.3, 0.4) is 0 Å². The van der Waals surface area contributed by atoms with Gasteiger partial charge >= 0.3 is 0 Å². The van der Waals surface area contributed by atoms with Gasteiger partial charge in [0.1, 0.15) is 0 Å². The summed E-state index contributed by atoms with van der Waals surface area (Å²) in [5.41, 5.74) is 1.60. The molecule has 0 spiro atoms. The highest BCUT2D eigenvalue weighted by atomic mass is 14.3. The average Bonchev–Trinajstić information content (AvgIpc) is 2.05. The second kappa shape index (κ2) is 3.78. The molecule has 0 unspecified atom stereocenters. The van der Waals surface area contributed by atoms with Gasteiger partial charge in [0.25, 0.3) is 0 Å². The lowest BCUT2D eigenvalue weighted by Gasteiger charge is -2.28. The zero-order valence-corrected chi connectivity index (χ0v) is 8.75. The first kappa shape index (κ1) is 10.0. The van der Waals surface area contributed by atoms with E-state index in [0.29, 0.717) is 5.92 Å². The Labute approximate surface area is 81.3 Å². The summed E-state index contributed by atoms with van der Waals surface area (Å²) in [6.45, 7) is 10.6. The number of rotatable bonds is 2. The third-order valence-electron chi connectivity index (χ3n) is 2.33. The first-order chi connectivity index (χ1) is 6.05. The van der Waals surface area contributed by atoms with E-state index in [-0.39, 0.29) is 5.41 Å². The van der Waals surface area contributed by atoms with E-state index in [1.165, 1.54) is 5.56 Å². The van der Waals surface area contributed by atoms with E-state index >= 15 is 0 Å². The molecule has 0 aliphatic rings. The first-order valence-corrected chi connectivity index (χ1v) is 4.73. The SMILES string of the molecule is C=C[C@H](c1ccccc1)C(C)(C)C. The van der Waals surface area contributed by atoms with Crippen LogP contribution in [-0.4, -0.2) is 0 Å². The summed E-state index contributed by atoms with van der Waals surface area (Å²) in [6, 6.07) is 10.5. The van der Waals surface area contributed by atoms with E-state index < -0.39 is 0 Å². The standard InChI is InChI=1S/C13H18/c1-5-12(13(2,3)4)11-9-7-6-8-10-11/h5-10,12H,1H2,2-4H3/t12-/m1/s1. The molecular weight excluding hydrogens is 156 g/mol. The molecule has 1 aromatic carbocycles. The van der Waals surface area contributed by atoms with Gasteiger partial charge in [-0.15, -0.1) is 6.58 Å². The second-order valence-corrected chi connectivity index (χ2v) is 4.49. The van der Waals surface area contributed by atoms with E-state index in [4.69, 9.17) is 0 Å². The summed E-state index contributed by atoms with van der Waals surface area (Å²) in [5.74, 6) is 0.439. The van der Waals surface area contributed by atoms with E-state index in [1.54, 1.807) is 0 Å². The van der Waals surface area contributed by atoms with Crippen molar-refractivity contribution in [1.82, 2.24) is 0 Å². The molecule has 0 bridgehead atoms. The molecule has 0 radical (unpaired) electrons. The third kappa shape index (κ3) is 2.45. The minimum Gasteiger partial charge on any atom is -0.102 e. The van der Waals surface area contributed by atoms with Crippen LogP contribution in [0.5, 0.6) is 0 Å². The van der Waals surface area contributed by atoms with Crippen molar-refractivity contribution in [2.45, 2.75) is 26.7 Å². The molecule has 0 aliphatic carbocycles. The molecule has 0 aliphatic heterocycles. The monoisotopic (exact) mass is 174 g/mol. The van der Waals surface area contributed by atoms with Crippen molar-refractivity contribution in [1.29, 1.82) is 0 Å². The largest absolute Gasteiger partial charge is 0.102 e. The molecule has 0 N–H and O–H groups in total. The molecule has 1 aromatic rings. The van der Waals surface area contributed by atoms with Crippen LogP contribution in [0, 0.1) is 5.41 Å². The summed E-state index contributed by atoms with van der Waals surface area (Å²) in [4.78, 5) is 0. The third-order valence-corrected chi connectivity index (χ3v) is 2.33. The predicted molar refractivity (Wildman–Crippen MR) is 58.8 cm³/mol. The van der Waals surface area contributed by atoms with Crippen LogP contribution in [0.15, 0.2) is 43.0 Å². The fraction of sp³-hybridized carbons (Fsp3) is 0.385. The average molecular weight is 174 g/mol. The van der Waals surface area contributed by atoms with Gasteiger partial charge in [0, 0.05) is 5.92 Å². The van der Waals surface area contributed by atoms with Crippen LogP contribution >= 0.6 is 0 Å². The van der Waals surface area contributed by atoms with Gasteiger partial charge < -0.3 is 0 Å². The molecule has 0 saturated heterocycles. The number of hydrogen-bond acceptors (Lipinski definition) is 0. The maximum atomic E-state index is 3.90. The van der Waals surface area contributed by atoms with E-state index in [0.717, 1.165) is 0 Å². The lowest BCUT2D eigenvalue weighted by atomic mass is 9.77. The van der Waals surface area contributed by atoms with Gasteiger partial charge in [0.2, 0.25) is 0 Å². The quantitative estimate of drug-likeness (QED) is 0.594. The number of hydrogen-bond donors (Lipinski definition) is 0. The molecule has 0 amide bonds. The van der Waals surface area contributed by atoms with Crippen molar-refractivity contribution in [2.24, 2.45) is 5.41 Å². The molecule has 13 heavy (non-hydrogen) atoms. The van der Waals surface area contributed by atoms with Crippen LogP contribution in [0.25, 0.3) is 0 Å². The number of allylic oxidation sites excluding steroid dienone is 1. The Morgan fingerprint density at radius 1 is 1.15 bits per heavy atom. The summed E-state index contributed by atoms with van der Waals surface area (Å²) < 4.78 is 0. The fourth-order valence-corrected chi connectivity index (χ4v) is 1.65. The molecule has 70 valence electrons. The van der Waals surface area contributed by atoms with Crippen LogP contribution in [0.2, 0.25) is 0 Å². The molecule has 0 fully saturated rings. The van der Waals surface area contributed by atoms with Crippen LogP contribution in [-0.2, 0) is 0 Å². The van der Waals surface area contributed by atoms with Gasteiger partial charge in [-0.05, 0) is 11.0 Å². The van der Waals surface area contributed by atoms with E-state index in [2.05, 4.69) is 51.6 Å². The normalized spacial score (nSPS) is 13.8. The maximum Gasteiger partial charge on any atom is 0.00639 e. The summed E-state index contributed by atoms with van der Waals surface area (Å²) >= 11 is 0.